The van der Waals surface area contributed by atoms with Crippen molar-refractivity contribution in [2.45, 2.75) is 6.42 Å². The highest BCUT2D eigenvalue weighted by molar-refractivity contribution is 9.10. The Kier molecular flexibility index (Phi) is 4.44. The van der Waals surface area contributed by atoms with Crippen LogP contribution in [0.1, 0.15) is 12.0 Å². The molecule has 0 amide bonds. The number of nitriles is 1. The van der Waals surface area contributed by atoms with Gasteiger partial charge in [0.25, 0.3) is 0 Å². The van der Waals surface area contributed by atoms with Crippen molar-refractivity contribution >= 4 is 15.9 Å². The summed E-state index contributed by atoms with van der Waals surface area (Å²) in [5.74, 6) is 0.748. The quantitative estimate of drug-likeness (QED) is 0.837. The summed E-state index contributed by atoms with van der Waals surface area (Å²) in [6.45, 7) is 1.22. The first-order chi connectivity index (χ1) is 6.77. The lowest BCUT2D eigenvalue weighted by Gasteiger charge is -2.06. The van der Waals surface area contributed by atoms with E-state index in [1.54, 1.807) is 18.2 Å². The maximum absolute atomic E-state index is 8.64. The predicted molar refractivity (Wildman–Crippen MR) is 58.0 cm³/mol. The highest BCUT2D eigenvalue weighted by atomic mass is 79.9. The largest absolute Gasteiger partial charge is 0.492 e. The molecule has 4 heteroatoms. The van der Waals surface area contributed by atoms with Gasteiger partial charge in [0.15, 0.2) is 0 Å². The summed E-state index contributed by atoms with van der Waals surface area (Å²) in [6.07, 6.45) is 0.826. The van der Waals surface area contributed by atoms with E-state index in [4.69, 9.17) is 15.7 Å². The maximum Gasteiger partial charge on any atom is 0.133 e. The zero-order valence-electron chi connectivity index (χ0n) is 7.66. The summed E-state index contributed by atoms with van der Waals surface area (Å²) < 4.78 is 6.24. The van der Waals surface area contributed by atoms with Gasteiger partial charge in [-0.3, -0.25) is 0 Å². The van der Waals surface area contributed by atoms with Gasteiger partial charge < -0.3 is 10.5 Å². The molecular weight excluding hydrogens is 244 g/mol. The molecule has 74 valence electrons. The third kappa shape index (κ3) is 3.02. The molecule has 0 aliphatic carbocycles. The van der Waals surface area contributed by atoms with Crippen LogP contribution < -0.4 is 10.5 Å². The van der Waals surface area contributed by atoms with E-state index in [2.05, 4.69) is 22.0 Å². The Morgan fingerprint density at radius 3 is 2.86 bits per heavy atom. The molecule has 0 aliphatic rings. The standard InChI is InChI=1S/C10H11BrN2O/c11-9-6-8(7-13)2-3-10(9)14-5-1-4-12/h2-3,6H,1,4-5,12H2. The minimum absolute atomic E-state index is 0.598. The molecular formula is C10H11BrN2O. The summed E-state index contributed by atoms with van der Waals surface area (Å²) in [7, 11) is 0. The van der Waals surface area contributed by atoms with Crippen LogP contribution in [-0.4, -0.2) is 13.2 Å². The van der Waals surface area contributed by atoms with Crippen molar-refractivity contribution in [3.63, 3.8) is 0 Å². The van der Waals surface area contributed by atoms with Gasteiger partial charge >= 0.3 is 0 Å². The zero-order valence-corrected chi connectivity index (χ0v) is 9.25. The van der Waals surface area contributed by atoms with E-state index in [-0.39, 0.29) is 0 Å². The number of rotatable bonds is 4. The third-order valence-corrected chi connectivity index (χ3v) is 2.29. The van der Waals surface area contributed by atoms with Crippen LogP contribution in [-0.2, 0) is 0 Å². The Bertz CT molecular complexity index is 346. The van der Waals surface area contributed by atoms with Crippen LogP contribution in [0.5, 0.6) is 5.75 Å². The molecule has 0 fully saturated rings. The summed E-state index contributed by atoms with van der Waals surface area (Å²) in [6, 6.07) is 7.29. The lowest BCUT2D eigenvalue weighted by atomic mass is 10.2. The van der Waals surface area contributed by atoms with Crippen molar-refractivity contribution in [2.24, 2.45) is 5.73 Å². The number of nitrogens with zero attached hydrogens (tertiary/aromatic N) is 1. The van der Waals surface area contributed by atoms with E-state index < -0.39 is 0 Å². The van der Waals surface area contributed by atoms with E-state index >= 15 is 0 Å². The van der Waals surface area contributed by atoms with Crippen LogP contribution in [0.2, 0.25) is 0 Å². The first-order valence-corrected chi connectivity index (χ1v) is 5.09. The van der Waals surface area contributed by atoms with Gasteiger partial charge in [-0.1, -0.05) is 0 Å². The second-order valence-electron chi connectivity index (χ2n) is 2.75. The second kappa shape index (κ2) is 5.63. The van der Waals surface area contributed by atoms with E-state index in [1.165, 1.54) is 0 Å². The van der Waals surface area contributed by atoms with Crippen molar-refractivity contribution in [1.29, 1.82) is 5.26 Å². The fourth-order valence-electron chi connectivity index (χ4n) is 0.953. The molecule has 0 aliphatic heterocycles. The number of nitrogens with two attached hydrogens (primary N) is 1. The topological polar surface area (TPSA) is 59.0 Å². The second-order valence-corrected chi connectivity index (χ2v) is 3.60. The van der Waals surface area contributed by atoms with Gasteiger partial charge in [0.05, 0.1) is 22.7 Å². The first kappa shape index (κ1) is 11.0. The molecule has 1 aromatic carbocycles. The number of hydrogen-bond donors (Lipinski definition) is 1. The van der Waals surface area contributed by atoms with Gasteiger partial charge in [-0.2, -0.15) is 5.26 Å². The van der Waals surface area contributed by atoms with E-state index in [0.717, 1.165) is 16.6 Å². The van der Waals surface area contributed by atoms with Crippen LogP contribution in [0.3, 0.4) is 0 Å². The van der Waals surface area contributed by atoms with Gasteiger partial charge in [-0.25, -0.2) is 0 Å². The Labute approximate surface area is 91.6 Å². The first-order valence-electron chi connectivity index (χ1n) is 4.30. The monoisotopic (exact) mass is 254 g/mol. The average molecular weight is 255 g/mol. The molecule has 0 radical (unpaired) electrons. The van der Waals surface area contributed by atoms with Crippen LogP contribution in [0, 0.1) is 11.3 Å². The predicted octanol–water partition coefficient (Wildman–Crippen LogP) is 2.05. The Morgan fingerprint density at radius 2 is 2.29 bits per heavy atom. The number of benzene rings is 1. The Hall–Kier alpha value is -1.05. The normalized spacial score (nSPS) is 9.50. The molecule has 14 heavy (non-hydrogen) atoms. The highest BCUT2D eigenvalue weighted by Crippen LogP contribution is 2.25. The molecule has 1 aromatic rings. The fraction of sp³-hybridized carbons (Fsp3) is 0.300. The summed E-state index contributed by atoms with van der Waals surface area (Å²) >= 11 is 3.33. The van der Waals surface area contributed by atoms with E-state index in [0.29, 0.717) is 18.7 Å². The smallest absolute Gasteiger partial charge is 0.133 e. The van der Waals surface area contributed by atoms with Gasteiger partial charge in [0, 0.05) is 0 Å². The molecule has 0 unspecified atom stereocenters. The lowest BCUT2D eigenvalue weighted by molar-refractivity contribution is 0.311. The Morgan fingerprint density at radius 1 is 1.50 bits per heavy atom. The maximum atomic E-state index is 8.64. The van der Waals surface area contributed by atoms with Crippen LogP contribution in [0.15, 0.2) is 22.7 Å². The molecule has 0 spiro atoms. The molecule has 1 rings (SSSR count). The summed E-state index contributed by atoms with van der Waals surface area (Å²) in [5, 5.41) is 8.64. The van der Waals surface area contributed by atoms with Gasteiger partial charge in [-0.15, -0.1) is 0 Å². The molecule has 2 N–H and O–H groups in total. The lowest BCUT2D eigenvalue weighted by Crippen LogP contribution is -2.06. The van der Waals surface area contributed by atoms with Crippen LogP contribution >= 0.6 is 15.9 Å². The molecule has 0 bridgehead atoms. The van der Waals surface area contributed by atoms with Crippen molar-refractivity contribution in [3.8, 4) is 11.8 Å². The minimum atomic E-state index is 0.598. The number of halogens is 1. The third-order valence-electron chi connectivity index (χ3n) is 1.67. The van der Waals surface area contributed by atoms with Crippen molar-refractivity contribution < 1.29 is 4.74 Å². The van der Waals surface area contributed by atoms with E-state index in [9.17, 15) is 0 Å². The average Bonchev–Trinajstić information content (AvgIpc) is 2.20. The van der Waals surface area contributed by atoms with E-state index in [1.807, 2.05) is 0 Å². The van der Waals surface area contributed by atoms with Crippen molar-refractivity contribution in [1.82, 2.24) is 0 Å². The summed E-state index contributed by atoms with van der Waals surface area (Å²) in [4.78, 5) is 0. The molecule has 0 saturated heterocycles. The Balaban J connectivity index is 2.65. The SMILES string of the molecule is N#Cc1ccc(OCCCN)c(Br)c1. The molecule has 0 heterocycles. The number of ether oxygens (including phenoxy) is 1. The van der Waals surface area contributed by atoms with Crippen LogP contribution in [0.4, 0.5) is 0 Å². The summed E-state index contributed by atoms with van der Waals surface area (Å²) in [5.41, 5.74) is 5.96. The number of hydrogen-bond acceptors (Lipinski definition) is 3. The molecule has 0 saturated carbocycles. The fourth-order valence-corrected chi connectivity index (χ4v) is 1.45. The van der Waals surface area contributed by atoms with Gasteiger partial charge in [0.1, 0.15) is 5.75 Å². The van der Waals surface area contributed by atoms with Crippen molar-refractivity contribution in [3.05, 3.63) is 28.2 Å². The van der Waals surface area contributed by atoms with Gasteiger partial charge in [-0.05, 0) is 47.1 Å². The van der Waals surface area contributed by atoms with Crippen LogP contribution in [0.25, 0.3) is 0 Å². The molecule has 0 atom stereocenters. The van der Waals surface area contributed by atoms with Crippen molar-refractivity contribution in [2.75, 3.05) is 13.2 Å². The van der Waals surface area contributed by atoms with Gasteiger partial charge in [0.2, 0.25) is 0 Å². The molecule has 0 aromatic heterocycles. The zero-order chi connectivity index (χ0) is 10.4. The molecule has 3 nitrogen and oxygen atoms in total. The highest BCUT2D eigenvalue weighted by Gasteiger charge is 2.01. The minimum Gasteiger partial charge on any atom is -0.492 e.